The molecule has 1 saturated heterocycles. The average Bonchev–Trinajstić information content (AvgIpc) is 2.74. The van der Waals surface area contributed by atoms with Crippen LogP contribution in [0.1, 0.15) is 45.2 Å². The van der Waals surface area contributed by atoms with E-state index in [1.54, 1.807) is 20.8 Å². The first-order chi connectivity index (χ1) is 9.13. The summed E-state index contributed by atoms with van der Waals surface area (Å²) in [5.74, 6) is -1.36. The molecule has 0 spiro atoms. The maximum atomic E-state index is 13.3. The van der Waals surface area contributed by atoms with Crippen LogP contribution in [0.3, 0.4) is 0 Å². The molecule has 1 aromatic rings. The van der Waals surface area contributed by atoms with E-state index < -0.39 is 32.4 Å². The van der Waals surface area contributed by atoms with Crippen molar-refractivity contribution in [2.45, 2.75) is 44.4 Å². The van der Waals surface area contributed by atoms with E-state index in [0.717, 1.165) is 6.07 Å². The molecule has 3 nitrogen and oxygen atoms in total. The molecule has 1 atom stereocenters. The van der Waals surface area contributed by atoms with E-state index in [0.29, 0.717) is 24.9 Å². The lowest BCUT2D eigenvalue weighted by molar-refractivity contribution is 0.378. The van der Waals surface area contributed by atoms with E-state index in [1.807, 2.05) is 0 Å². The van der Waals surface area contributed by atoms with E-state index in [-0.39, 0.29) is 0 Å². The number of rotatable bonds is 2. The van der Waals surface area contributed by atoms with Gasteiger partial charge in [0.2, 0.25) is 10.0 Å². The first kappa shape index (κ1) is 15.4. The molecule has 1 aliphatic heterocycles. The van der Waals surface area contributed by atoms with Crippen LogP contribution in [0, 0.1) is 11.6 Å². The monoisotopic (exact) mass is 303 g/mol. The maximum Gasteiger partial charge on any atom is 0.219 e. The van der Waals surface area contributed by atoms with Crippen molar-refractivity contribution < 1.29 is 17.2 Å². The fourth-order valence-electron chi connectivity index (χ4n) is 2.48. The highest BCUT2D eigenvalue weighted by Crippen LogP contribution is 2.38. The van der Waals surface area contributed by atoms with Crippen LogP contribution in [0.2, 0.25) is 0 Å². The normalized spacial score (nSPS) is 21.4. The van der Waals surface area contributed by atoms with Gasteiger partial charge >= 0.3 is 0 Å². The Balaban J connectivity index is 2.42. The Hall–Kier alpha value is -1.01. The minimum absolute atomic E-state index is 0.382. The van der Waals surface area contributed by atoms with Crippen LogP contribution in [0.5, 0.6) is 0 Å². The van der Waals surface area contributed by atoms with Crippen LogP contribution in [0.25, 0.3) is 0 Å². The lowest BCUT2D eigenvalue weighted by Crippen LogP contribution is -2.42. The standard InChI is InChI=1S/C14H19F2NO2S/c1-14(2,3)20(18,19)17-6-4-5-13(17)10-7-11(15)9-12(16)8-10/h7-9,13H,4-6H2,1-3H3/t13-/m1/s1. The highest BCUT2D eigenvalue weighted by molar-refractivity contribution is 7.90. The SMILES string of the molecule is CC(C)(C)S(=O)(=O)N1CCC[C@@H]1c1cc(F)cc(F)c1. The number of benzene rings is 1. The summed E-state index contributed by atoms with van der Waals surface area (Å²) in [4.78, 5) is 0. The fraction of sp³-hybridized carbons (Fsp3) is 0.571. The first-order valence-electron chi connectivity index (χ1n) is 6.60. The molecule has 0 bridgehead atoms. The van der Waals surface area contributed by atoms with Gasteiger partial charge in [-0.15, -0.1) is 0 Å². The zero-order chi connectivity index (χ0) is 15.1. The predicted molar refractivity (Wildman–Crippen MR) is 73.7 cm³/mol. The van der Waals surface area contributed by atoms with Crippen molar-refractivity contribution in [3.05, 3.63) is 35.4 Å². The van der Waals surface area contributed by atoms with Gasteiger partial charge in [-0.05, 0) is 51.3 Å². The third-order valence-corrected chi connectivity index (χ3v) is 6.16. The molecule has 0 unspecified atom stereocenters. The third-order valence-electron chi connectivity index (χ3n) is 3.56. The van der Waals surface area contributed by atoms with Crippen LogP contribution >= 0.6 is 0 Å². The van der Waals surface area contributed by atoms with Crippen molar-refractivity contribution in [3.8, 4) is 0 Å². The molecule has 1 heterocycles. The van der Waals surface area contributed by atoms with E-state index in [4.69, 9.17) is 0 Å². The van der Waals surface area contributed by atoms with Gasteiger partial charge in [-0.3, -0.25) is 0 Å². The Kier molecular flexibility index (Phi) is 3.90. The molecule has 1 aromatic carbocycles. The van der Waals surface area contributed by atoms with Gasteiger partial charge in [0.25, 0.3) is 0 Å². The Morgan fingerprint density at radius 3 is 2.20 bits per heavy atom. The van der Waals surface area contributed by atoms with E-state index in [1.165, 1.54) is 16.4 Å². The summed E-state index contributed by atoms with van der Waals surface area (Å²) in [7, 11) is -3.51. The first-order valence-corrected chi connectivity index (χ1v) is 8.04. The summed E-state index contributed by atoms with van der Waals surface area (Å²) in [5.41, 5.74) is 0.382. The number of hydrogen-bond acceptors (Lipinski definition) is 2. The molecule has 0 N–H and O–H groups in total. The van der Waals surface area contributed by atoms with Crippen molar-refractivity contribution in [1.29, 1.82) is 0 Å². The molecule has 1 aliphatic rings. The summed E-state index contributed by atoms with van der Waals surface area (Å²) in [5, 5.41) is 0. The van der Waals surface area contributed by atoms with Crippen molar-refractivity contribution in [2.24, 2.45) is 0 Å². The molecule has 1 fully saturated rings. The molecular weight excluding hydrogens is 284 g/mol. The zero-order valence-electron chi connectivity index (χ0n) is 11.9. The lowest BCUT2D eigenvalue weighted by Gasteiger charge is -2.31. The van der Waals surface area contributed by atoms with Gasteiger partial charge in [-0.2, -0.15) is 4.31 Å². The molecule has 0 aliphatic carbocycles. The summed E-state index contributed by atoms with van der Waals surface area (Å²) in [6.07, 6.45) is 1.27. The third kappa shape index (κ3) is 2.72. The van der Waals surface area contributed by atoms with Gasteiger partial charge in [0, 0.05) is 18.7 Å². The second-order valence-electron chi connectivity index (χ2n) is 6.09. The number of halogens is 2. The van der Waals surface area contributed by atoms with Crippen molar-refractivity contribution in [1.82, 2.24) is 4.31 Å². The van der Waals surface area contributed by atoms with Crippen molar-refractivity contribution >= 4 is 10.0 Å². The summed E-state index contributed by atoms with van der Waals surface area (Å²) in [6.45, 7) is 5.28. The average molecular weight is 303 g/mol. The van der Waals surface area contributed by atoms with Crippen LogP contribution in [0.4, 0.5) is 8.78 Å². The number of nitrogens with zero attached hydrogens (tertiary/aromatic N) is 1. The highest BCUT2D eigenvalue weighted by atomic mass is 32.2. The summed E-state index contributed by atoms with van der Waals surface area (Å²) < 4.78 is 52.2. The van der Waals surface area contributed by atoms with E-state index >= 15 is 0 Å². The Bertz CT molecular complexity index is 588. The molecule has 6 heteroatoms. The topological polar surface area (TPSA) is 37.4 Å². The fourth-order valence-corrected chi connectivity index (χ4v) is 4.12. The Labute approximate surface area is 118 Å². The minimum Gasteiger partial charge on any atom is -0.212 e. The zero-order valence-corrected chi connectivity index (χ0v) is 12.7. The van der Waals surface area contributed by atoms with Gasteiger partial charge in [0.05, 0.1) is 4.75 Å². The van der Waals surface area contributed by atoms with Crippen LogP contribution in [0.15, 0.2) is 18.2 Å². The van der Waals surface area contributed by atoms with Crippen LogP contribution < -0.4 is 0 Å². The molecule has 0 amide bonds. The second-order valence-corrected chi connectivity index (χ2v) is 8.73. The second kappa shape index (κ2) is 5.07. The molecule has 0 radical (unpaired) electrons. The van der Waals surface area contributed by atoms with Crippen molar-refractivity contribution in [2.75, 3.05) is 6.54 Å². The molecule has 20 heavy (non-hydrogen) atoms. The maximum absolute atomic E-state index is 13.3. The van der Waals surface area contributed by atoms with Gasteiger partial charge in [0.15, 0.2) is 0 Å². The Morgan fingerprint density at radius 1 is 1.15 bits per heavy atom. The van der Waals surface area contributed by atoms with Crippen molar-refractivity contribution in [3.63, 3.8) is 0 Å². The molecule has 0 saturated carbocycles. The Morgan fingerprint density at radius 2 is 1.70 bits per heavy atom. The molecule has 2 rings (SSSR count). The van der Waals surface area contributed by atoms with Gasteiger partial charge < -0.3 is 0 Å². The van der Waals surface area contributed by atoms with Gasteiger partial charge in [-0.1, -0.05) is 0 Å². The number of sulfonamides is 1. The predicted octanol–water partition coefficient (Wildman–Crippen LogP) is 3.23. The summed E-state index contributed by atoms with van der Waals surface area (Å²) >= 11 is 0. The van der Waals surface area contributed by atoms with Crippen LogP contribution in [-0.2, 0) is 10.0 Å². The quantitative estimate of drug-likeness (QED) is 0.841. The number of hydrogen-bond donors (Lipinski definition) is 0. The highest BCUT2D eigenvalue weighted by Gasteiger charge is 2.42. The molecular formula is C14H19F2NO2S. The van der Waals surface area contributed by atoms with E-state index in [2.05, 4.69) is 0 Å². The molecule has 0 aromatic heterocycles. The minimum atomic E-state index is -3.51. The van der Waals surface area contributed by atoms with Crippen LogP contribution in [-0.4, -0.2) is 24.0 Å². The van der Waals surface area contributed by atoms with Gasteiger partial charge in [-0.25, -0.2) is 17.2 Å². The molecule has 112 valence electrons. The largest absolute Gasteiger partial charge is 0.219 e. The summed E-state index contributed by atoms with van der Waals surface area (Å²) in [6, 6.07) is 2.74. The smallest absolute Gasteiger partial charge is 0.212 e. The van der Waals surface area contributed by atoms with Gasteiger partial charge in [0.1, 0.15) is 11.6 Å². The lowest BCUT2D eigenvalue weighted by atomic mass is 10.1. The van der Waals surface area contributed by atoms with E-state index in [9.17, 15) is 17.2 Å².